The molecule has 1 saturated carbocycles. The summed E-state index contributed by atoms with van der Waals surface area (Å²) in [6.45, 7) is 0. The Morgan fingerprint density at radius 2 is 1.84 bits per heavy atom. The van der Waals surface area contributed by atoms with E-state index in [1.165, 1.54) is 6.07 Å². The molecule has 10 heteroatoms. The van der Waals surface area contributed by atoms with Gasteiger partial charge in [-0.15, -0.1) is 12.4 Å². The molecule has 1 fully saturated rings. The summed E-state index contributed by atoms with van der Waals surface area (Å²) in [6.07, 6.45) is 4.67. The lowest BCUT2D eigenvalue weighted by molar-refractivity contribution is -0.120. The van der Waals surface area contributed by atoms with Crippen molar-refractivity contribution in [3.8, 4) is 0 Å². The molecule has 3 N–H and O–H groups in total. The van der Waals surface area contributed by atoms with Gasteiger partial charge in [-0.25, -0.2) is 8.42 Å². The Balaban J connectivity index is 0.00000225. The zero-order valence-electron chi connectivity index (χ0n) is 12.7. The first-order chi connectivity index (χ1) is 11.1. The molecule has 4 atom stereocenters. The van der Waals surface area contributed by atoms with E-state index in [2.05, 4.69) is 5.32 Å². The molecule has 4 unspecified atom stereocenters. The zero-order valence-corrected chi connectivity index (χ0v) is 14.4. The van der Waals surface area contributed by atoms with Gasteiger partial charge in [0.2, 0.25) is 5.91 Å². The highest BCUT2D eigenvalue weighted by Crippen LogP contribution is 2.43. The fraction of sp³-hybridized carbons (Fsp3) is 0.400. The standard InChI is InChI=1S/C15H15F3N2O3S.ClH/c16-15(17,18)24(22,23)11-3-1-2-10(7-11)20-14(21)12-8-4-5-9(6-8)13(12)19;/h1-5,7-9,12-13H,6,19H2,(H,20,21);1H. The van der Waals surface area contributed by atoms with E-state index in [9.17, 15) is 26.4 Å². The van der Waals surface area contributed by atoms with Crippen LogP contribution in [0.15, 0.2) is 41.3 Å². The van der Waals surface area contributed by atoms with Crippen LogP contribution in [0.2, 0.25) is 0 Å². The quantitative estimate of drug-likeness (QED) is 0.768. The van der Waals surface area contributed by atoms with Gasteiger partial charge in [0, 0.05) is 11.7 Å². The van der Waals surface area contributed by atoms with Gasteiger partial charge in [-0.1, -0.05) is 18.2 Å². The smallest absolute Gasteiger partial charge is 0.326 e. The van der Waals surface area contributed by atoms with Gasteiger partial charge in [0.15, 0.2) is 0 Å². The third-order valence-electron chi connectivity index (χ3n) is 4.54. The first kappa shape index (κ1) is 19.7. The van der Waals surface area contributed by atoms with Gasteiger partial charge in [-0.3, -0.25) is 4.79 Å². The summed E-state index contributed by atoms with van der Waals surface area (Å²) >= 11 is 0. The maximum absolute atomic E-state index is 12.6. The zero-order chi connectivity index (χ0) is 17.7. The van der Waals surface area contributed by atoms with E-state index in [1.807, 2.05) is 12.2 Å². The topological polar surface area (TPSA) is 89.3 Å². The molecule has 1 amide bonds. The van der Waals surface area contributed by atoms with E-state index in [-0.39, 0.29) is 36.0 Å². The molecular weight excluding hydrogens is 381 g/mol. The Morgan fingerprint density at radius 3 is 2.40 bits per heavy atom. The molecule has 25 heavy (non-hydrogen) atoms. The number of carbonyl (C=O) groups is 1. The average molecular weight is 397 g/mol. The van der Waals surface area contributed by atoms with Crippen molar-refractivity contribution >= 4 is 33.8 Å². The highest BCUT2D eigenvalue weighted by atomic mass is 35.5. The SMILES string of the molecule is Cl.NC1C2C=CC(C2)C1C(=O)Nc1cccc(S(=O)(=O)C(F)(F)F)c1. The lowest BCUT2D eigenvalue weighted by atomic mass is 9.88. The number of benzene rings is 1. The number of anilines is 1. The number of fused-ring (bicyclic) bond motifs is 2. The Labute approximate surface area is 148 Å². The van der Waals surface area contributed by atoms with Crippen LogP contribution in [0.25, 0.3) is 0 Å². The number of rotatable bonds is 3. The van der Waals surface area contributed by atoms with Gasteiger partial charge in [-0.2, -0.15) is 13.2 Å². The van der Waals surface area contributed by atoms with Gasteiger partial charge < -0.3 is 11.1 Å². The highest BCUT2D eigenvalue weighted by Gasteiger charge is 2.48. The van der Waals surface area contributed by atoms with Crippen LogP contribution in [0, 0.1) is 17.8 Å². The van der Waals surface area contributed by atoms with Crippen LogP contribution in [-0.2, 0) is 14.6 Å². The summed E-state index contributed by atoms with van der Waals surface area (Å²) in [4.78, 5) is 11.5. The second-order valence-electron chi connectivity index (χ2n) is 6.02. The van der Waals surface area contributed by atoms with Crippen LogP contribution in [-0.4, -0.2) is 25.9 Å². The maximum Gasteiger partial charge on any atom is 0.501 e. The molecule has 0 heterocycles. The number of carbonyl (C=O) groups excluding carboxylic acids is 1. The van der Waals surface area contributed by atoms with Crippen molar-refractivity contribution in [1.29, 1.82) is 0 Å². The minimum atomic E-state index is -5.46. The van der Waals surface area contributed by atoms with Gasteiger partial charge in [0.1, 0.15) is 0 Å². The van der Waals surface area contributed by atoms with Crippen molar-refractivity contribution < 1.29 is 26.4 Å². The lowest BCUT2D eigenvalue weighted by Crippen LogP contribution is -2.41. The monoisotopic (exact) mass is 396 g/mol. The Kier molecular flexibility index (Phi) is 5.23. The van der Waals surface area contributed by atoms with Gasteiger partial charge in [-0.05, 0) is 36.5 Å². The fourth-order valence-electron chi connectivity index (χ4n) is 3.33. The molecule has 2 aliphatic carbocycles. The summed E-state index contributed by atoms with van der Waals surface area (Å²) < 4.78 is 60.7. The van der Waals surface area contributed by atoms with Crippen molar-refractivity contribution in [2.45, 2.75) is 22.9 Å². The molecule has 2 bridgehead atoms. The van der Waals surface area contributed by atoms with E-state index in [0.29, 0.717) is 0 Å². The van der Waals surface area contributed by atoms with E-state index in [4.69, 9.17) is 5.73 Å². The van der Waals surface area contributed by atoms with Crippen LogP contribution in [0.5, 0.6) is 0 Å². The van der Waals surface area contributed by atoms with Crippen LogP contribution in [0.4, 0.5) is 18.9 Å². The molecule has 3 rings (SSSR count). The Hall–Kier alpha value is -1.58. The Morgan fingerprint density at radius 1 is 1.20 bits per heavy atom. The first-order valence-corrected chi connectivity index (χ1v) is 8.76. The number of halogens is 4. The number of hydrogen-bond acceptors (Lipinski definition) is 4. The normalized spacial score (nSPS) is 27.8. The Bertz CT molecular complexity index is 810. The molecule has 2 aliphatic rings. The van der Waals surface area contributed by atoms with Crippen molar-refractivity contribution in [3.63, 3.8) is 0 Å². The molecule has 0 radical (unpaired) electrons. The summed E-state index contributed by atoms with van der Waals surface area (Å²) in [5.74, 6) is -0.751. The number of allylic oxidation sites excluding steroid dienone is 1. The largest absolute Gasteiger partial charge is 0.501 e. The predicted octanol–water partition coefficient (Wildman–Crippen LogP) is 2.49. The minimum absolute atomic E-state index is 0. The van der Waals surface area contributed by atoms with Crippen LogP contribution in [0.3, 0.4) is 0 Å². The molecule has 138 valence electrons. The van der Waals surface area contributed by atoms with E-state index < -0.39 is 32.1 Å². The van der Waals surface area contributed by atoms with Crippen molar-refractivity contribution in [2.75, 3.05) is 5.32 Å². The van der Waals surface area contributed by atoms with Crippen LogP contribution in [0.1, 0.15) is 6.42 Å². The van der Waals surface area contributed by atoms with Gasteiger partial charge >= 0.3 is 5.51 Å². The summed E-state index contributed by atoms with van der Waals surface area (Å²) in [5, 5.41) is 2.48. The highest BCUT2D eigenvalue weighted by molar-refractivity contribution is 7.92. The van der Waals surface area contributed by atoms with Crippen LogP contribution < -0.4 is 11.1 Å². The van der Waals surface area contributed by atoms with Crippen molar-refractivity contribution in [3.05, 3.63) is 36.4 Å². The lowest BCUT2D eigenvalue weighted by Gasteiger charge is -2.23. The summed E-state index contributed by atoms with van der Waals surface area (Å²) in [6, 6.07) is 3.78. The molecular formula is C15H16ClF3N2O3S. The van der Waals surface area contributed by atoms with Crippen LogP contribution >= 0.6 is 12.4 Å². The summed E-state index contributed by atoms with van der Waals surface area (Å²) in [7, 11) is -5.46. The minimum Gasteiger partial charge on any atom is -0.326 e. The second-order valence-corrected chi connectivity index (χ2v) is 7.96. The number of nitrogens with one attached hydrogen (secondary N) is 1. The van der Waals surface area contributed by atoms with E-state index in [1.54, 1.807) is 0 Å². The summed E-state index contributed by atoms with van der Waals surface area (Å²) in [5.41, 5.74) is 0.613. The molecule has 1 aromatic carbocycles. The second kappa shape index (κ2) is 6.62. The average Bonchev–Trinajstić information content (AvgIpc) is 3.07. The molecule has 0 aromatic heterocycles. The predicted molar refractivity (Wildman–Crippen MR) is 87.8 cm³/mol. The molecule has 1 aromatic rings. The maximum atomic E-state index is 12.6. The number of sulfone groups is 1. The molecule has 5 nitrogen and oxygen atoms in total. The van der Waals surface area contributed by atoms with Gasteiger partial charge in [0.05, 0.1) is 10.8 Å². The number of amides is 1. The third kappa shape index (κ3) is 3.40. The van der Waals surface area contributed by atoms with Crippen molar-refractivity contribution in [2.24, 2.45) is 23.5 Å². The third-order valence-corrected chi connectivity index (χ3v) is 6.02. The van der Waals surface area contributed by atoms with Gasteiger partial charge in [0.25, 0.3) is 9.84 Å². The van der Waals surface area contributed by atoms with E-state index >= 15 is 0 Å². The molecule has 0 spiro atoms. The fourth-order valence-corrected chi connectivity index (χ4v) is 4.14. The molecule has 0 saturated heterocycles. The van der Waals surface area contributed by atoms with Crippen molar-refractivity contribution in [1.82, 2.24) is 0 Å². The molecule has 0 aliphatic heterocycles. The number of alkyl halides is 3. The number of nitrogens with two attached hydrogens (primary N) is 1. The van der Waals surface area contributed by atoms with E-state index in [0.717, 1.165) is 24.6 Å². The first-order valence-electron chi connectivity index (χ1n) is 7.27. The number of hydrogen-bond donors (Lipinski definition) is 2.